The third kappa shape index (κ3) is 2.10. The molecule has 1 rings (SSSR count). The minimum Gasteiger partial charge on any atom is -0.364 e. The van der Waals surface area contributed by atoms with E-state index in [4.69, 9.17) is 17.5 Å². The number of aromatic amines is 1. The first-order chi connectivity index (χ1) is 5.75. The van der Waals surface area contributed by atoms with Crippen molar-refractivity contribution >= 4 is 24.8 Å². The molecular weight excluding hydrogens is 188 g/mol. The van der Waals surface area contributed by atoms with E-state index < -0.39 is 0 Å². The van der Waals surface area contributed by atoms with Gasteiger partial charge >= 0.3 is 0 Å². The second kappa shape index (κ2) is 4.29. The zero-order chi connectivity index (χ0) is 8.97. The molecule has 0 saturated carbocycles. The average Bonchev–Trinajstić information content (AvgIpc) is 2.08. The molecule has 62 valence electrons. The maximum atomic E-state index is 8.37. The molecule has 4 heteroatoms. The predicted octanol–water partition coefficient (Wildman–Crippen LogP) is 2.49. The topological polar surface area (TPSA) is 39.6 Å². The molecule has 0 radical (unpaired) electrons. The maximum Gasteiger partial charge on any atom is 0.0625 e. The lowest BCUT2D eigenvalue weighted by Gasteiger charge is -2.01. The van der Waals surface area contributed by atoms with Crippen LogP contribution in [0, 0.1) is 15.8 Å². The molecule has 12 heavy (non-hydrogen) atoms. The summed E-state index contributed by atoms with van der Waals surface area (Å²) in [6, 6.07) is 3.86. The van der Waals surface area contributed by atoms with Gasteiger partial charge in [0.05, 0.1) is 10.6 Å². The third-order valence-corrected chi connectivity index (χ3v) is 2.50. The number of H-pyrrole nitrogens is 1. The van der Waals surface area contributed by atoms with E-state index in [0.717, 1.165) is 15.1 Å². The highest BCUT2D eigenvalue weighted by Gasteiger charge is 1.98. The minimum absolute atomic E-state index is 0.489. The van der Waals surface area contributed by atoms with Crippen LogP contribution in [0.15, 0.2) is 17.2 Å². The maximum absolute atomic E-state index is 8.37. The zero-order valence-electron chi connectivity index (χ0n) is 6.37. The molecule has 0 saturated heterocycles. The van der Waals surface area contributed by atoms with E-state index in [-0.39, 0.29) is 0 Å². The number of aromatic nitrogens is 1. The van der Waals surface area contributed by atoms with Gasteiger partial charge in [-0.2, -0.15) is 5.26 Å². The molecule has 1 N–H and O–H groups in total. The fourth-order valence-electron chi connectivity index (χ4n) is 0.885. The Morgan fingerprint density at radius 3 is 3.08 bits per heavy atom. The van der Waals surface area contributed by atoms with E-state index in [1.807, 2.05) is 0 Å². The summed E-state index contributed by atoms with van der Waals surface area (Å²) in [7, 11) is 0. The van der Waals surface area contributed by atoms with Gasteiger partial charge in [-0.25, -0.2) is 0 Å². The van der Waals surface area contributed by atoms with Crippen LogP contribution in [0.25, 0.3) is 0 Å². The van der Waals surface area contributed by atoms with E-state index in [9.17, 15) is 0 Å². The number of nitriles is 1. The second-order valence-electron chi connectivity index (χ2n) is 2.33. The van der Waals surface area contributed by atoms with Gasteiger partial charge < -0.3 is 4.98 Å². The smallest absolute Gasteiger partial charge is 0.0625 e. The van der Waals surface area contributed by atoms with Crippen molar-refractivity contribution in [2.24, 2.45) is 0 Å². The molecule has 0 fully saturated rings. The number of hydrogen-bond donors (Lipinski definition) is 2. The number of nitrogens with one attached hydrogen (secondary N) is 1. The molecule has 0 spiro atoms. The van der Waals surface area contributed by atoms with Gasteiger partial charge in [-0.15, -0.1) is 12.6 Å². The lowest BCUT2D eigenvalue weighted by Crippen LogP contribution is -1.90. The predicted molar refractivity (Wildman–Crippen MR) is 52.8 cm³/mol. The van der Waals surface area contributed by atoms with E-state index in [2.05, 4.69) is 23.7 Å². The van der Waals surface area contributed by atoms with Crippen LogP contribution >= 0.6 is 24.8 Å². The van der Waals surface area contributed by atoms with Gasteiger partial charge in [0.2, 0.25) is 0 Å². The van der Waals surface area contributed by atoms with Crippen molar-refractivity contribution < 1.29 is 0 Å². The normalized spacial score (nSPS) is 9.33. The van der Waals surface area contributed by atoms with E-state index >= 15 is 0 Å². The summed E-state index contributed by atoms with van der Waals surface area (Å²) in [6.07, 6.45) is 2.94. The molecule has 0 amide bonds. The first-order valence-electron chi connectivity index (χ1n) is 3.52. The Kier molecular flexibility index (Phi) is 3.32. The summed E-state index contributed by atoms with van der Waals surface area (Å²) in [4.78, 5) is 3.80. The van der Waals surface area contributed by atoms with Gasteiger partial charge in [0, 0.05) is 29.6 Å². The first kappa shape index (κ1) is 9.30. The Labute approximate surface area is 81.7 Å². The largest absolute Gasteiger partial charge is 0.364 e. The summed E-state index contributed by atoms with van der Waals surface area (Å²) in [5.41, 5.74) is 0.937. The number of aryl methyl sites for hydroxylation is 1. The van der Waals surface area contributed by atoms with Crippen molar-refractivity contribution in [1.29, 1.82) is 5.26 Å². The van der Waals surface area contributed by atoms with Gasteiger partial charge in [-0.3, -0.25) is 0 Å². The lowest BCUT2D eigenvalue weighted by atomic mass is 10.2. The van der Waals surface area contributed by atoms with Crippen LogP contribution in [0.3, 0.4) is 0 Å². The van der Waals surface area contributed by atoms with Crippen molar-refractivity contribution in [2.75, 3.05) is 0 Å². The third-order valence-electron chi connectivity index (χ3n) is 1.50. The lowest BCUT2D eigenvalue weighted by molar-refractivity contribution is 0.912. The summed E-state index contributed by atoms with van der Waals surface area (Å²) in [6.45, 7) is 0. The van der Waals surface area contributed by atoms with Crippen LogP contribution in [0.2, 0.25) is 0 Å². The monoisotopic (exact) mass is 196 g/mol. The fourth-order valence-corrected chi connectivity index (χ4v) is 1.33. The molecule has 0 unspecified atom stereocenters. The Balaban J connectivity index is 2.94. The number of hydrogen-bond acceptors (Lipinski definition) is 3. The van der Waals surface area contributed by atoms with Crippen LogP contribution in [0.1, 0.15) is 12.1 Å². The summed E-state index contributed by atoms with van der Waals surface area (Å²) < 4.78 is 0.727. The quantitative estimate of drug-likeness (QED) is 0.563. The highest BCUT2D eigenvalue weighted by atomic mass is 32.1. The van der Waals surface area contributed by atoms with Crippen LogP contribution in [-0.2, 0) is 6.42 Å². The van der Waals surface area contributed by atoms with Gasteiger partial charge in [0.25, 0.3) is 0 Å². The molecule has 0 bridgehead atoms. The number of rotatable bonds is 2. The van der Waals surface area contributed by atoms with Crippen molar-refractivity contribution in [3.8, 4) is 6.07 Å². The van der Waals surface area contributed by atoms with Crippen LogP contribution < -0.4 is 0 Å². The Morgan fingerprint density at radius 2 is 2.42 bits per heavy atom. The molecule has 2 nitrogen and oxygen atoms in total. The van der Waals surface area contributed by atoms with E-state index in [0.29, 0.717) is 12.8 Å². The molecular formula is C8H8N2S2. The Morgan fingerprint density at radius 1 is 1.67 bits per heavy atom. The molecule has 0 aromatic carbocycles. The average molecular weight is 196 g/mol. The molecule has 0 aliphatic rings. The van der Waals surface area contributed by atoms with Gasteiger partial charge in [0.15, 0.2) is 0 Å². The zero-order valence-corrected chi connectivity index (χ0v) is 8.08. The molecule has 0 aliphatic carbocycles. The van der Waals surface area contributed by atoms with Crippen LogP contribution in [0.5, 0.6) is 0 Å². The fraction of sp³-hybridized carbons (Fsp3) is 0.250. The van der Waals surface area contributed by atoms with Crippen LogP contribution in [0.4, 0.5) is 0 Å². The number of nitrogens with zero attached hydrogens (tertiary/aromatic N) is 1. The molecule has 1 aromatic heterocycles. The van der Waals surface area contributed by atoms with Crippen molar-refractivity contribution in [2.45, 2.75) is 17.7 Å². The molecule has 1 aromatic rings. The Bertz CT molecular complexity index is 362. The first-order valence-corrected chi connectivity index (χ1v) is 4.37. The molecule has 0 atom stereocenters. The minimum atomic E-state index is 0.489. The summed E-state index contributed by atoms with van der Waals surface area (Å²) >= 11 is 9.25. The highest BCUT2D eigenvalue weighted by molar-refractivity contribution is 7.81. The summed E-state index contributed by atoms with van der Waals surface area (Å²) in [5, 5.41) is 8.37. The highest BCUT2D eigenvalue weighted by Crippen LogP contribution is 2.13. The van der Waals surface area contributed by atoms with Crippen molar-refractivity contribution in [3.05, 3.63) is 22.5 Å². The SMILES string of the molecule is N#CCCc1[nH]ccc(=S)c1S. The molecule has 1 heterocycles. The van der Waals surface area contributed by atoms with Gasteiger partial charge in [-0.1, -0.05) is 12.2 Å². The van der Waals surface area contributed by atoms with E-state index in [1.165, 1.54) is 0 Å². The second-order valence-corrected chi connectivity index (χ2v) is 3.21. The van der Waals surface area contributed by atoms with Crippen molar-refractivity contribution in [3.63, 3.8) is 0 Å². The van der Waals surface area contributed by atoms with E-state index in [1.54, 1.807) is 12.3 Å². The van der Waals surface area contributed by atoms with Gasteiger partial charge in [-0.05, 0) is 6.07 Å². The van der Waals surface area contributed by atoms with Crippen molar-refractivity contribution in [1.82, 2.24) is 4.98 Å². The van der Waals surface area contributed by atoms with Gasteiger partial charge in [0.1, 0.15) is 0 Å². The number of pyridine rings is 1. The summed E-state index contributed by atoms with van der Waals surface area (Å²) in [5.74, 6) is 0. The number of thiol groups is 1. The molecule has 0 aliphatic heterocycles. The standard InChI is InChI=1S/C8H8N2S2/c9-4-1-2-6-8(12)7(11)3-5-10-6/h3,5,12H,1-2H2,(H,10,11). The van der Waals surface area contributed by atoms with Crippen LogP contribution in [-0.4, -0.2) is 4.98 Å². The Hall–Kier alpha value is -0.790.